The highest BCUT2D eigenvalue weighted by Crippen LogP contribution is 2.27. The SMILES string of the molecule is CCNc1cc(SC2COC2)nc(CC)n1. The van der Waals surface area contributed by atoms with E-state index in [0.29, 0.717) is 5.25 Å². The summed E-state index contributed by atoms with van der Waals surface area (Å²) in [6.45, 7) is 6.71. The van der Waals surface area contributed by atoms with Crippen LogP contribution >= 0.6 is 11.8 Å². The van der Waals surface area contributed by atoms with E-state index in [1.54, 1.807) is 11.8 Å². The molecule has 1 aliphatic heterocycles. The Hall–Kier alpha value is -0.810. The van der Waals surface area contributed by atoms with Crippen molar-refractivity contribution >= 4 is 17.6 Å². The van der Waals surface area contributed by atoms with Gasteiger partial charge in [-0.05, 0) is 6.92 Å². The molecule has 88 valence electrons. The molecule has 0 atom stereocenters. The molecule has 0 spiro atoms. The molecular formula is C11H17N3OS. The molecule has 0 unspecified atom stereocenters. The Kier molecular flexibility index (Phi) is 4.01. The topological polar surface area (TPSA) is 47.0 Å². The Labute approximate surface area is 100 Å². The normalized spacial score (nSPS) is 15.9. The highest BCUT2D eigenvalue weighted by Gasteiger charge is 2.20. The Balaban J connectivity index is 2.11. The molecule has 1 aromatic rings. The zero-order chi connectivity index (χ0) is 11.4. The maximum absolute atomic E-state index is 5.16. The molecule has 1 aliphatic rings. The molecular weight excluding hydrogens is 222 g/mol. The van der Waals surface area contributed by atoms with E-state index >= 15 is 0 Å². The molecule has 1 fully saturated rings. The minimum atomic E-state index is 0.564. The van der Waals surface area contributed by atoms with Crippen molar-refractivity contribution < 1.29 is 4.74 Å². The van der Waals surface area contributed by atoms with Gasteiger partial charge in [0.2, 0.25) is 0 Å². The summed E-state index contributed by atoms with van der Waals surface area (Å²) in [5.41, 5.74) is 0. The van der Waals surface area contributed by atoms with Gasteiger partial charge in [-0.25, -0.2) is 9.97 Å². The van der Waals surface area contributed by atoms with Crippen LogP contribution in [0.4, 0.5) is 5.82 Å². The summed E-state index contributed by atoms with van der Waals surface area (Å²) in [4.78, 5) is 8.94. The second kappa shape index (κ2) is 5.50. The fraction of sp³-hybridized carbons (Fsp3) is 0.636. The van der Waals surface area contributed by atoms with Crippen molar-refractivity contribution in [1.82, 2.24) is 9.97 Å². The summed E-state index contributed by atoms with van der Waals surface area (Å²) in [5.74, 6) is 1.83. The quantitative estimate of drug-likeness (QED) is 0.796. The van der Waals surface area contributed by atoms with Gasteiger partial charge in [-0.2, -0.15) is 0 Å². The molecule has 2 heterocycles. The number of thioether (sulfide) groups is 1. The second-order valence-corrected chi connectivity index (χ2v) is 4.99. The fourth-order valence-electron chi connectivity index (χ4n) is 1.42. The number of hydrogen-bond acceptors (Lipinski definition) is 5. The number of anilines is 1. The van der Waals surface area contributed by atoms with Crippen molar-refractivity contribution in [3.05, 3.63) is 11.9 Å². The van der Waals surface area contributed by atoms with Crippen LogP contribution in [0.15, 0.2) is 11.1 Å². The molecule has 16 heavy (non-hydrogen) atoms. The first kappa shape index (κ1) is 11.7. The monoisotopic (exact) mass is 239 g/mol. The molecule has 0 aromatic carbocycles. The summed E-state index contributed by atoms with van der Waals surface area (Å²) >= 11 is 1.78. The van der Waals surface area contributed by atoms with Crippen LogP contribution in [-0.4, -0.2) is 35.0 Å². The van der Waals surface area contributed by atoms with Gasteiger partial charge in [0.15, 0.2) is 0 Å². The van der Waals surface area contributed by atoms with Gasteiger partial charge in [0.1, 0.15) is 16.7 Å². The van der Waals surface area contributed by atoms with Gasteiger partial charge in [0.25, 0.3) is 0 Å². The third-order valence-electron chi connectivity index (χ3n) is 2.32. The fourth-order valence-corrected chi connectivity index (χ4v) is 2.42. The number of aromatic nitrogens is 2. The largest absolute Gasteiger partial charge is 0.379 e. The first-order chi connectivity index (χ1) is 7.81. The minimum absolute atomic E-state index is 0.564. The molecule has 0 amide bonds. The van der Waals surface area contributed by atoms with Gasteiger partial charge >= 0.3 is 0 Å². The molecule has 1 N–H and O–H groups in total. The number of nitrogens with zero attached hydrogens (tertiary/aromatic N) is 2. The third kappa shape index (κ3) is 2.86. The van der Waals surface area contributed by atoms with Crippen molar-refractivity contribution in [2.24, 2.45) is 0 Å². The van der Waals surface area contributed by atoms with E-state index in [-0.39, 0.29) is 0 Å². The molecule has 0 aliphatic carbocycles. The first-order valence-electron chi connectivity index (χ1n) is 5.68. The van der Waals surface area contributed by atoms with E-state index in [2.05, 4.69) is 29.1 Å². The highest BCUT2D eigenvalue weighted by atomic mass is 32.2. The van der Waals surface area contributed by atoms with Crippen molar-refractivity contribution in [3.63, 3.8) is 0 Å². The van der Waals surface area contributed by atoms with Crippen LogP contribution in [0.5, 0.6) is 0 Å². The Morgan fingerprint density at radius 1 is 1.44 bits per heavy atom. The van der Waals surface area contributed by atoms with Gasteiger partial charge in [0, 0.05) is 19.0 Å². The Morgan fingerprint density at radius 3 is 2.81 bits per heavy atom. The lowest BCUT2D eigenvalue weighted by molar-refractivity contribution is 0.0454. The number of hydrogen-bond donors (Lipinski definition) is 1. The molecule has 0 bridgehead atoms. The molecule has 0 radical (unpaired) electrons. The van der Waals surface area contributed by atoms with Gasteiger partial charge < -0.3 is 10.1 Å². The van der Waals surface area contributed by atoms with E-state index < -0.39 is 0 Å². The van der Waals surface area contributed by atoms with Crippen LogP contribution in [0.25, 0.3) is 0 Å². The molecule has 4 nitrogen and oxygen atoms in total. The van der Waals surface area contributed by atoms with Crippen molar-refractivity contribution in [2.45, 2.75) is 30.5 Å². The third-order valence-corrected chi connectivity index (χ3v) is 3.37. The second-order valence-electron chi connectivity index (χ2n) is 3.67. The summed E-state index contributed by atoms with van der Waals surface area (Å²) in [5, 5.41) is 4.85. The number of rotatable bonds is 5. The van der Waals surface area contributed by atoms with E-state index in [1.807, 2.05) is 6.07 Å². The first-order valence-corrected chi connectivity index (χ1v) is 6.56. The predicted octanol–water partition coefficient (Wildman–Crippen LogP) is 1.96. The minimum Gasteiger partial charge on any atom is -0.379 e. The maximum Gasteiger partial charge on any atom is 0.131 e. The molecule has 1 saturated heterocycles. The number of nitrogens with one attached hydrogen (secondary N) is 1. The molecule has 2 rings (SSSR count). The van der Waals surface area contributed by atoms with Gasteiger partial charge in [-0.1, -0.05) is 18.7 Å². The number of ether oxygens (including phenoxy) is 1. The van der Waals surface area contributed by atoms with Crippen LogP contribution in [0, 0.1) is 0 Å². The van der Waals surface area contributed by atoms with Crippen molar-refractivity contribution in [1.29, 1.82) is 0 Å². The average molecular weight is 239 g/mol. The summed E-state index contributed by atoms with van der Waals surface area (Å²) in [6, 6.07) is 2.02. The van der Waals surface area contributed by atoms with Crippen molar-refractivity contribution in [2.75, 3.05) is 25.1 Å². The van der Waals surface area contributed by atoms with Crippen LogP contribution in [0.1, 0.15) is 19.7 Å². The van der Waals surface area contributed by atoms with Gasteiger partial charge in [-0.3, -0.25) is 0 Å². The molecule has 0 saturated carbocycles. The van der Waals surface area contributed by atoms with Gasteiger partial charge in [0.05, 0.1) is 18.5 Å². The van der Waals surface area contributed by atoms with E-state index in [0.717, 1.165) is 42.8 Å². The summed E-state index contributed by atoms with van der Waals surface area (Å²) < 4.78 is 5.16. The molecule has 5 heteroatoms. The standard InChI is InChI=1S/C11H17N3OS/c1-3-9-13-10(12-4-2)5-11(14-9)16-8-6-15-7-8/h5,8H,3-4,6-7H2,1-2H3,(H,12,13,14). The summed E-state index contributed by atoms with van der Waals surface area (Å²) in [6.07, 6.45) is 0.869. The lowest BCUT2D eigenvalue weighted by atomic mass is 10.4. The van der Waals surface area contributed by atoms with Crippen LogP contribution < -0.4 is 5.32 Å². The number of aryl methyl sites for hydroxylation is 1. The Morgan fingerprint density at radius 2 is 2.25 bits per heavy atom. The maximum atomic E-state index is 5.16. The van der Waals surface area contributed by atoms with E-state index in [9.17, 15) is 0 Å². The van der Waals surface area contributed by atoms with Crippen LogP contribution in [0.3, 0.4) is 0 Å². The lowest BCUT2D eigenvalue weighted by Crippen LogP contribution is -2.30. The predicted molar refractivity (Wildman–Crippen MR) is 66.0 cm³/mol. The summed E-state index contributed by atoms with van der Waals surface area (Å²) in [7, 11) is 0. The molecule has 1 aromatic heterocycles. The zero-order valence-corrected chi connectivity index (χ0v) is 10.5. The highest BCUT2D eigenvalue weighted by molar-refractivity contribution is 8.00. The van der Waals surface area contributed by atoms with E-state index in [1.165, 1.54) is 0 Å². The van der Waals surface area contributed by atoms with Crippen LogP contribution in [0.2, 0.25) is 0 Å². The average Bonchev–Trinajstić information content (AvgIpc) is 2.24. The van der Waals surface area contributed by atoms with Gasteiger partial charge in [-0.15, -0.1) is 0 Å². The zero-order valence-electron chi connectivity index (χ0n) is 9.69. The Bertz CT molecular complexity index is 355. The lowest BCUT2D eigenvalue weighted by Gasteiger charge is -2.24. The van der Waals surface area contributed by atoms with E-state index in [4.69, 9.17) is 4.74 Å². The van der Waals surface area contributed by atoms with Crippen LogP contribution in [-0.2, 0) is 11.2 Å². The smallest absolute Gasteiger partial charge is 0.131 e. The van der Waals surface area contributed by atoms with Crippen molar-refractivity contribution in [3.8, 4) is 0 Å².